The summed E-state index contributed by atoms with van der Waals surface area (Å²) >= 11 is 1.52. The summed E-state index contributed by atoms with van der Waals surface area (Å²) in [6, 6.07) is 6.22. The van der Waals surface area contributed by atoms with Crippen LogP contribution in [0.15, 0.2) is 35.7 Å². The predicted molar refractivity (Wildman–Crippen MR) is 72.4 cm³/mol. The molecule has 1 aromatic carbocycles. The van der Waals surface area contributed by atoms with Crippen molar-refractivity contribution in [3.05, 3.63) is 52.0 Å². The molecular weight excluding hydrogens is 290 g/mol. The Labute approximate surface area is 118 Å². The van der Waals surface area contributed by atoms with E-state index in [2.05, 4.69) is 5.32 Å². The molecule has 2 aromatic rings. The first-order valence-electron chi connectivity index (χ1n) is 6.08. The van der Waals surface area contributed by atoms with Gasteiger partial charge in [-0.3, -0.25) is 0 Å². The number of hydrogen-bond acceptors (Lipinski definition) is 2. The van der Waals surface area contributed by atoms with Gasteiger partial charge >= 0.3 is 6.18 Å². The van der Waals surface area contributed by atoms with Crippen LogP contribution in [0.25, 0.3) is 0 Å². The first-order chi connectivity index (χ1) is 9.41. The summed E-state index contributed by atoms with van der Waals surface area (Å²) in [4.78, 5) is 1.02. The Bertz CT molecular complexity index is 563. The Balaban J connectivity index is 2.21. The molecule has 0 radical (unpaired) electrons. The predicted octanol–water partition coefficient (Wildman–Crippen LogP) is 5.47. The molecule has 108 valence electrons. The first kappa shape index (κ1) is 14.8. The lowest BCUT2D eigenvalue weighted by Gasteiger charge is -2.18. The molecule has 20 heavy (non-hydrogen) atoms. The Morgan fingerprint density at radius 2 is 2.00 bits per heavy atom. The summed E-state index contributed by atoms with van der Waals surface area (Å²) in [5.41, 5.74) is -0.900. The molecule has 0 fully saturated rings. The lowest BCUT2D eigenvalue weighted by Crippen LogP contribution is -2.11. The fourth-order valence-corrected chi connectivity index (χ4v) is 2.72. The molecule has 1 unspecified atom stereocenters. The van der Waals surface area contributed by atoms with E-state index in [1.165, 1.54) is 11.3 Å². The Morgan fingerprint density at radius 3 is 2.50 bits per heavy atom. The van der Waals surface area contributed by atoms with Crippen molar-refractivity contribution in [2.24, 2.45) is 0 Å². The fraction of sp³-hybridized carbons (Fsp3) is 0.286. The largest absolute Gasteiger partial charge is 0.416 e. The van der Waals surface area contributed by atoms with Gasteiger partial charge in [0.1, 0.15) is 5.82 Å². The van der Waals surface area contributed by atoms with Crippen LogP contribution in [-0.4, -0.2) is 0 Å². The van der Waals surface area contributed by atoms with Crippen molar-refractivity contribution in [3.8, 4) is 0 Å². The quantitative estimate of drug-likeness (QED) is 0.739. The normalized spacial score (nSPS) is 13.2. The smallest absolute Gasteiger partial charge is 0.375 e. The maximum absolute atomic E-state index is 13.8. The molecule has 6 heteroatoms. The van der Waals surface area contributed by atoms with Crippen LogP contribution in [0, 0.1) is 5.82 Å². The van der Waals surface area contributed by atoms with Gasteiger partial charge in [-0.1, -0.05) is 13.0 Å². The number of anilines is 1. The van der Waals surface area contributed by atoms with Crippen molar-refractivity contribution in [3.63, 3.8) is 0 Å². The Morgan fingerprint density at radius 1 is 1.25 bits per heavy atom. The second-order valence-corrected chi connectivity index (χ2v) is 5.29. The average molecular weight is 303 g/mol. The van der Waals surface area contributed by atoms with E-state index in [-0.39, 0.29) is 11.7 Å². The van der Waals surface area contributed by atoms with E-state index in [1.807, 2.05) is 24.4 Å². The van der Waals surface area contributed by atoms with E-state index in [0.717, 1.165) is 17.0 Å². The summed E-state index contributed by atoms with van der Waals surface area (Å²) in [5.74, 6) is -0.894. The van der Waals surface area contributed by atoms with Gasteiger partial charge in [-0.15, -0.1) is 11.3 Å². The molecule has 2 rings (SSSR count). The standard InChI is InChI=1S/C14H13F4NS/c1-2-11(13-4-3-7-20-13)19-12-6-5-9(8-10(12)15)14(16,17)18/h3-8,11,19H,2H2,1H3. The molecule has 0 aliphatic heterocycles. The topological polar surface area (TPSA) is 12.0 Å². The van der Waals surface area contributed by atoms with Crippen molar-refractivity contribution < 1.29 is 17.6 Å². The van der Waals surface area contributed by atoms with Crippen molar-refractivity contribution in [2.75, 3.05) is 5.32 Å². The molecule has 0 aliphatic carbocycles. The summed E-state index contributed by atoms with van der Waals surface area (Å²) in [7, 11) is 0. The van der Waals surface area contributed by atoms with Crippen LogP contribution in [0.5, 0.6) is 0 Å². The number of alkyl halides is 3. The van der Waals surface area contributed by atoms with Gasteiger partial charge in [0.15, 0.2) is 0 Å². The number of nitrogens with one attached hydrogen (secondary N) is 1. The number of rotatable bonds is 4. The minimum Gasteiger partial charge on any atom is -0.375 e. The lowest BCUT2D eigenvalue weighted by atomic mass is 10.1. The van der Waals surface area contributed by atoms with Crippen molar-refractivity contribution >= 4 is 17.0 Å². The highest BCUT2D eigenvalue weighted by Gasteiger charge is 2.31. The number of benzene rings is 1. The van der Waals surface area contributed by atoms with Gasteiger partial charge in [0, 0.05) is 4.88 Å². The van der Waals surface area contributed by atoms with Gasteiger partial charge in [-0.25, -0.2) is 4.39 Å². The zero-order chi connectivity index (χ0) is 14.8. The highest BCUT2D eigenvalue weighted by Crippen LogP contribution is 2.33. The van der Waals surface area contributed by atoms with Crippen molar-refractivity contribution in [1.82, 2.24) is 0 Å². The van der Waals surface area contributed by atoms with E-state index in [4.69, 9.17) is 0 Å². The summed E-state index contributed by atoms with van der Waals surface area (Å²) in [6.07, 6.45) is -3.82. The van der Waals surface area contributed by atoms with E-state index < -0.39 is 17.6 Å². The maximum atomic E-state index is 13.8. The Hall–Kier alpha value is -1.56. The van der Waals surface area contributed by atoms with Crippen LogP contribution in [0.3, 0.4) is 0 Å². The minimum atomic E-state index is -4.53. The van der Waals surface area contributed by atoms with E-state index in [0.29, 0.717) is 12.5 Å². The van der Waals surface area contributed by atoms with E-state index in [9.17, 15) is 17.6 Å². The van der Waals surface area contributed by atoms with Crippen LogP contribution in [0.4, 0.5) is 23.2 Å². The maximum Gasteiger partial charge on any atom is 0.416 e. The van der Waals surface area contributed by atoms with Gasteiger partial charge < -0.3 is 5.32 Å². The van der Waals surface area contributed by atoms with Crippen LogP contribution < -0.4 is 5.32 Å². The number of thiophene rings is 1. The molecule has 1 heterocycles. The molecule has 1 atom stereocenters. The molecular formula is C14H13F4NS. The van der Waals surface area contributed by atoms with Crippen LogP contribution >= 0.6 is 11.3 Å². The zero-order valence-electron chi connectivity index (χ0n) is 10.7. The van der Waals surface area contributed by atoms with Crippen LogP contribution in [0.2, 0.25) is 0 Å². The summed E-state index contributed by atoms with van der Waals surface area (Å²) < 4.78 is 51.2. The Kier molecular flexibility index (Phi) is 4.32. The number of halogens is 4. The third-order valence-electron chi connectivity index (χ3n) is 2.92. The molecule has 0 bridgehead atoms. The molecule has 0 spiro atoms. The van der Waals surface area contributed by atoms with Gasteiger partial charge in [0.2, 0.25) is 0 Å². The van der Waals surface area contributed by atoms with Gasteiger partial charge in [0.05, 0.1) is 17.3 Å². The second-order valence-electron chi connectivity index (χ2n) is 4.31. The second kappa shape index (κ2) is 5.83. The zero-order valence-corrected chi connectivity index (χ0v) is 11.5. The summed E-state index contributed by atoms with van der Waals surface area (Å²) in [5, 5.41) is 4.85. The fourth-order valence-electron chi connectivity index (χ4n) is 1.86. The lowest BCUT2D eigenvalue weighted by molar-refractivity contribution is -0.137. The van der Waals surface area contributed by atoms with Crippen molar-refractivity contribution in [1.29, 1.82) is 0 Å². The van der Waals surface area contributed by atoms with Crippen LogP contribution in [0.1, 0.15) is 29.8 Å². The molecule has 1 N–H and O–H groups in total. The monoisotopic (exact) mass is 303 g/mol. The molecule has 0 aliphatic rings. The van der Waals surface area contributed by atoms with Crippen molar-refractivity contribution in [2.45, 2.75) is 25.6 Å². The van der Waals surface area contributed by atoms with Gasteiger partial charge in [-0.05, 0) is 36.1 Å². The minimum absolute atomic E-state index is 0.0817. The van der Waals surface area contributed by atoms with Gasteiger partial charge in [-0.2, -0.15) is 13.2 Å². The molecule has 0 saturated heterocycles. The summed E-state index contributed by atoms with van der Waals surface area (Å²) in [6.45, 7) is 1.93. The molecule has 1 nitrogen and oxygen atoms in total. The van der Waals surface area contributed by atoms with E-state index in [1.54, 1.807) is 0 Å². The third-order valence-corrected chi connectivity index (χ3v) is 3.91. The van der Waals surface area contributed by atoms with E-state index >= 15 is 0 Å². The highest BCUT2D eigenvalue weighted by atomic mass is 32.1. The molecule has 0 saturated carbocycles. The molecule has 1 aromatic heterocycles. The first-order valence-corrected chi connectivity index (χ1v) is 6.96. The molecule has 0 amide bonds. The SMILES string of the molecule is CCC(Nc1ccc(C(F)(F)F)cc1F)c1cccs1. The highest BCUT2D eigenvalue weighted by molar-refractivity contribution is 7.10. The average Bonchev–Trinajstić information content (AvgIpc) is 2.90. The van der Waals surface area contributed by atoms with Gasteiger partial charge in [0.25, 0.3) is 0 Å². The number of hydrogen-bond donors (Lipinski definition) is 1. The van der Waals surface area contributed by atoms with Crippen LogP contribution in [-0.2, 0) is 6.18 Å². The third kappa shape index (κ3) is 3.30.